The molecule has 0 aliphatic rings. The molecule has 2 aromatic rings. The smallest absolute Gasteiger partial charge is 0.125 e. The van der Waals surface area contributed by atoms with Crippen molar-refractivity contribution >= 4 is 29.2 Å². The molecule has 0 heterocycles. The van der Waals surface area contributed by atoms with Crippen molar-refractivity contribution in [3.8, 4) is 11.5 Å². The summed E-state index contributed by atoms with van der Waals surface area (Å²) in [6.45, 7) is 2.26. The molecule has 8 heteroatoms. The van der Waals surface area contributed by atoms with E-state index in [-0.39, 0.29) is 13.0 Å². The number of benzene rings is 2. The standard InChI is InChI=1S/C22H26Cl2O6/c1-14-9-17(24)10-15(3-2-8-29-20-6-4-16(23)5-7-20)22(14)30-13-19(26)11-18(25)12-21(27)28/h4-7,9-10,18-19,25-26H,2-3,8,11-13H2,1H3,(H,27,28)/p-1/t18-,19?/m1/s1. The van der Waals surface area contributed by atoms with Gasteiger partial charge in [-0.1, -0.05) is 23.2 Å². The fourth-order valence-corrected chi connectivity index (χ4v) is 3.43. The van der Waals surface area contributed by atoms with Crippen molar-refractivity contribution in [2.75, 3.05) is 13.2 Å². The van der Waals surface area contributed by atoms with E-state index in [0.717, 1.165) is 16.9 Å². The number of hydrogen-bond acceptors (Lipinski definition) is 6. The summed E-state index contributed by atoms with van der Waals surface area (Å²) in [5.74, 6) is -0.0250. The van der Waals surface area contributed by atoms with Gasteiger partial charge < -0.3 is 29.6 Å². The molecule has 0 spiro atoms. The van der Waals surface area contributed by atoms with Crippen LogP contribution in [-0.4, -0.2) is 41.6 Å². The lowest BCUT2D eigenvalue weighted by atomic mass is 10.0. The lowest BCUT2D eigenvalue weighted by molar-refractivity contribution is -0.307. The summed E-state index contributed by atoms with van der Waals surface area (Å²) in [7, 11) is 0. The molecule has 0 radical (unpaired) electrons. The van der Waals surface area contributed by atoms with E-state index in [4.69, 9.17) is 32.7 Å². The summed E-state index contributed by atoms with van der Waals surface area (Å²) >= 11 is 12.0. The molecule has 0 aliphatic carbocycles. The maximum atomic E-state index is 10.5. The Hall–Kier alpha value is -1.99. The van der Waals surface area contributed by atoms with Crippen LogP contribution in [0.25, 0.3) is 0 Å². The molecule has 0 aliphatic heterocycles. The van der Waals surface area contributed by atoms with Gasteiger partial charge in [0.25, 0.3) is 0 Å². The highest BCUT2D eigenvalue weighted by Gasteiger charge is 2.15. The molecule has 0 aromatic heterocycles. The molecule has 2 rings (SSSR count). The lowest BCUT2D eigenvalue weighted by Gasteiger charge is -2.19. The van der Waals surface area contributed by atoms with E-state index in [1.54, 1.807) is 30.3 Å². The maximum absolute atomic E-state index is 10.5. The number of aryl methyl sites for hydroxylation is 2. The minimum absolute atomic E-state index is 0.0825. The van der Waals surface area contributed by atoms with Crippen LogP contribution in [0.2, 0.25) is 10.0 Å². The first kappa shape index (κ1) is 24.3. The highest BCUT2D eigenvalue weighted by molar-refractivity contribution is 6.31. The zero-order chi connectivity index (χ0) is 22.1. The van der Waals surface area contributed by atoms with E-state index >= 15 is 0 Å². The van der Waals surface area contributed by atoms with Gasteiger partial charge in [-0.15, -0.1) is 0 Å². The molecular formula is C22H25Cl2O6-. The third kappa shape index (κ3) is 8.40. The number of carboxylic acid groups (broad SMARTS) is 1. The summed E-state index contributed by atoms with van der Waals surface area (Å²) < 4.78 is 11.5. The van der Waals surface area contributed by atoms with Crippen LogP contribution in [0.3, 0.4) is 0 Å². The quantitative estimate of drug-likeness (QED) is 0.477. The van der Waals surface area contributed by atoms with E-state index in [0.29, 0.717) is 35.2 Å². The zero-order valence-corrected chi connectivity index (χ0v) is 18.2. The molecule has 1 unspecified atom stereocenters. The first-order valence-corrected chi connectivity index (χ1v) is 10.4. The summed E-state index contributed by atoms with van der Waals surface area (Å²) in [4.78, 5) is 10.5. The van der Waals surface area contributed by atoms with E-state index in [1.807, 2.05) is 13.0 Å². The van der Waals surface area contributed by atoms with E-state index in [1.165, 1.54) is 0 Å². The normalized spacial score (nSPS) is 13.0. The van der Waals surface area contributed by atoms with Crippen LogP contribution in [0.15, 0.2) is 36.4 Å². The molecule has 2 aromatic carbocycles. The second-order valence-corrected chi connectivity index (χ2v) is 7.92. The number of rotatable bonds is 12. The number of halogens is 2. The second-order valence-electron chi connectivity index (χ2n) is 7.05. The number of aliphatic hydroxyl groups excluding tert-OH is 2. The Bertz CT molecular complexity index is 825. The van der Waals surface area contributed by atoms with Gasteiger partial charge in [-0.25, -0.2) is 0 Å². The predicted octanol–water partition coefficient (Wildman–Crippen LogP) is 2.94. The molecule has 2 atom stereocenters. The molecule has 2 N–H and O–H groups in total. The van der Waals surface area contributed by atoms with Crippen LogP contribution in [-0.2, 0) is 11.2 Å². The number of carboxylic acids is 1. The van der Waals surface area contributed by atoms with Gasteiger partial charge in [0.15, 0.2) is 0 Å². The van der Waals surface area contributed by atoms with Crippen LogP contribution in [0.1, 0.15) is 30.4 Å². The Balaban J connectivity index is 1.90. The first-order valence-electron chi connectivity index (χ1n) is 9.60. The third-order valence-corrected chi connectivity index (χ3v) is 4.83. The minimum Gasteiger partial charge on any atom is -0.550 e. The predicted molar refractivity (Wildman–Crippen MR) is 113 cm³/mol. The highest BCUT2D eigenvalue weighted by atomic mass is 35.5. The second kappa shape index (κ2) is 12.0. The molecule has 0 fully saturated rings. The monoisotopic (exact) mass is 455 g/mol. The Labute approximate surface area is 186 Å². The Kier molecular flexibility index (Phi) is 9.72. The van der Waals surface area contributed by atoms with Crippen molar-refractivity contribution in [3.63, 3.8) is 0 Å². The van der Waals surface area contributed by atoms with Crippen LogP contribution in [0.4, 0.5) is 0 Å². The highest BCUT2D eigenvalue weighted by Crippen LogP contribution is 2.29. The average Bonchev–Trinajstić information content (AvgIpc) is 2.65. The van der Waals surface area contributed by atoms with Gasteiger partial charge in [-0.2, -0.15) is 0 Å². The van der Waals surface area contributed by atoms with Gasteiger partial charge in [0.2, 0.25) is 0 Å². The fraction of sp³-hybridized carbons (Fsp3) is 0.409. The Morgan fingerprint density at radius 3 is 2.43 bits per heavy atom. The summed E-state index contributed by atoms with van der Waals surface area (Å²) in [6.07, 6.45) is -1.50. The van der Waals surface area contributed by atoms with Gasteiger partial charge in [0.1, 0.15) is 18.1 Å². The van der Waals surface area contributed by atoms with Crippen molar-refractivity contribution in [2.45, 2.75) is 44.8 Å². The number of carbonyl (C=O) groups excluding carboxylic acids is 1. The van der Waals surface area contributed by atoms with Crippen molar-refractivity contribution in [1.29, 1.82) is 0 Å². The third-order valence-electron chi connectivity index (χ3n) is 4.36. The van der Waals surface area contributed by atoms with E-state index in [9.17, 15) is 20.1 Å². The number of aliphatic hydroxyl groups is 2. The number of carbonyl (C=O) groups is 1. The van der Waals surface area contributed by atoms with Gasteiger partial charge in [0.05, 0.1) is 18.8 Å². The van der Waals surface area contributed by atoms with E-state index < -0.39 is 24.6 Å². The molecule has 0 saturated heterocycles. The molecule has 30 heavy (non-hydrogen) atoms. The largest absolute Gasteiger partial charge is 0.550 e. The van der Waals surface area contributed by atoms with Gasteiger partial charge >= 0.3 is 0 Å². The molecule has 0 amide bonds. The zero-order valence-electron chi connectivity index (χ0n) is 16.6. The summed E-state index contributed by atoms with van der Waals surface area (Å²) in [5.41, 5.74) is 1.70. The van der Waals surface area contributed by atoms with Crippen molar-refractivity contribution in [2.24, 2.45) is 0 Å². The lowest BCUT2D eigenvalue weighted by Crippen LogP contribution is -2.31. The van der Waals surface area contributed by atoms with Crippen molar-refractivity contribution in [3.05, 3.63) is 57.6 Å². The van der Waals surface area contributed by atoms with Crippen molar-refractivity contribution in [1.82, 2.24) is 0 Å². The molecule has 0 bridgehead atoms. The SMILES string of the molecule is Cc1cc(Cl)cc(CCCOc2ccc(Cl)cc2)c1OCC(O)C[C@@H](O)CC(=O)[O-]. The maximum Gasteiger partial charge on any atom is 0.125 e. The van der Waals surface area contributed by atoms with Gasteiger partial charge in [-0.05, 0) is 67.3 Å². The van der Waals surface area contributed by atoms with Crippen LogP contribution in [0.5, 0.6) is 11.5 Å². The number of hydrogen-bond donors (Lipinski definition) is 2. The first-order chi connectivity index (χ1) is 14.2. The summed E-state index contributed by atoms with van der Waals surface area (Å²) in [5, 5.41) is 31.4. The molecule has 0 saturated carbocycles. The van der Waals surface area contributed by atoms with Crippen LogP contribution in [0, 0.1) is 6.92 Å². The Morgan fingerprint density at radius 2 is 1.77 bits per heavy atom. The molecule has 164 valence electrons. The van der Waals surface area contributed by atoms with E-state index in [2.05, 4.69) is 0 Å². The van der Waals surface area contributed by atoms with Crippen LogP contribution < -0.4 is 14.6 Å². The summed E-state index contributed by atoms with van der Waals surface area (Å²) in [6, 6.07) is 10.7. The van der Waals surface area contributed by atoms with Gasteiger partial charge in [-0.3, -0.25) is 0 Å². The Morgan fingerprint density at radius 1 is 1.07 bits per heavy atom. The van der Waals surface area contributed by atoms with Crippen LogP contribution >= 0.6 is 23.2 Å². The minimum atomic E-state index is -1.37. The number of ether oxygens (including phenoxy) is 2. The topological polar surface area (TPSA) is 99.1 Å². The van der Waals surface area contributed by atoms with Crippen molar-refractivity contribution < 1.29 is 29.6 Å². The molecular weight excluding hydrogens is 431 g/mol. The number of aliphatic carboxylic acids is 1. The van der Waals surface area contributed by atoms with Gasteiger partial charge in [0, 0.05) is 28.9 Å². The molecule has 6 nitrogen and oxygen atoms in total. The average molecular weight is 456 g/mol. The fourth-order valence-electron chi connectivity index (χ4n) is 3.01.